The van der Waals surface area contributed by atoms with Crippen LogP contribution in [0, 0.1) is 12.3 Å². The molecule has 28 heavy (non-hydrogen) atoms. The van der Waals surface area contributed by atoms with E-state index in [0.717, 1.165) is 16.9 Å². The molecule has 1 heterocycles. The van der Waals surface area contributed by atoms with Gasteiger partial charge in [0.05, 0.1) is 5.41 Å². The monoisotopic (exact) mass is 404 g/mol. The molecule has 0 aliphatic carbocycles. The van der Waals surface area contributed by atoms with Crippen molar-refractivity contribution in [2.24, 2.45) is 11.1 Å². The van der Waals surface area contributed by atoms with Crippen LogP contribution in [0.2, 0.25) is 0 Å². The van der Waals surface area contributed by atoms with Crippen LogP contribution in [0.3, 0.4) is 0 Å². The molecule has 1 aliphatic heterocycles. The lowest BCUT2D eigenvalue weighted by Crippen LogP contribution is -2.48. The highest BCUT2D eigenvalue weighted by atomic mass is 35.5. The van der Waals surface area contributed by atoms with E-state index in [-0.39, 0.29) is 18.3 Å². The van der Waals surface area contributed by atoms with Gasteiger partial charge in [0.1, 0.15) is 12.4 Å². The molecule has 1 aliphatic rings. The highest BCUT2D eigenvalue weighted by Gasteiger charge is 2.38. The van der Waals surface area contributed by atoms with E-state index in [1.54, 1.807) is 0 Å². The molecule has 0 unspecified atom stereocenters. The van der Waals surface area contributed by atoms with Gasteiger partial charge >= 0.3 is 0 Å². The number of carbonyl (C=O) groups is 1. The topological polar surface area (TPSA) is 73.6 Å². The van der Waals surface area contributed by atoms with Gasteiger partial charge in [0.25, 0.3) is 0 Å². The molecular formula is C22H29ClN2O3. The number of halogens is 1. The first-order valence-electron chi connectivity index (χ1n) is 9.45. The first kappa shape index (κ1) is 22.2. The normalized spacial score (nSPS) is 15.4. The number of rotatable bonds is 7. The van der Waals surface area contributed by atoms with Crippen LogP contribution in [0.5, 0.6) is 5.75 Å². The second-order valence-electron chi connectivity index (χ2n) is 7.20. The Bertz CT molecular complexity index is 759. The third-order valence-electron chi connectivity index (χ3n) is 5.19. The van der Waals surface area contributed by atoms with Gasteiger partial charge in [0.15, 0.2) is 0 Å². The fourth-order valence-corrected chi connectivity index (χ4v) is 3.33. The minimum Gasteiger partial charge on any atom is -0.489 e. The Balaban J connectivity index is 0.00000280. The molecule has 0 aromatic heterocycles. The van der Waals surface area contributed by atoms with E-state index in [9.17, 15) is 4.79 Å². The summed E-state index contributed by atoms with van der Waals surface area (Å²) < 4.78 is 11.2. The van der Waals surface area contributed by atoms with Crippen LogP contribution in [-0.2, 0) is 22.7 Å². The van der Waals surface area contributed by atoms with E-state index in [1.807, 2.05) is 30.3 Å². The molecule has 0 radical (unpaired) electrons. The molecule has 3 rings (SSSR count). The van der Waals surface area contributed by atoms with Gasteiger partial charge in [-0.05, 0) is 43.0 Å². The predicted molar refractivity (Wildman–Crippen MR) is 113 cm³/mol. The molecular weight excluding hydrogens is 376 g/mol. The molecule has 0 saturated carbocycles. The van der Waals surface area contributed by atoms with Gasteiger partial charge in [-0.1, -0.05) is 42.0 Å². The lowest BCUT2D eigenvalue weighted by molar-refractivity contribution is -0.136. The van der Waals surface area contributed by atoms with E-state index >= 15 is 0 Å². The molecule has 5 nitrogen and oxygen atoms in total. The van der Waals surface area contributed by atoms with Gasteiger partial charge in [-0.3, -0.25) is 4.79 Å². The van der Waals surface area contributed by atoms with E-state index in [1.165, 1.54) is 5.56 Å². The molecule has 0 spiro atoms. The van der Waals surface area contributed by atoms with Crippen molar-refractivity contribution in [3.8, 4) is 5.75 Å². The summed E-state index contributed by atoms with van der Waals surface area (Å²) in [5, 5.41) is 3.03. The number of aryl methyl sites for hydroxylation is 1. The molecule has 6 heteroatoms. The van der Waals surface area contributed by atoms with Crippen molar-refractivity contribution in [1.29, 1.82) is 0 Å². The summed E-state index contributed by atoms with van der Waals surface area (Å²) in [6, 6.07) is 16.1. The fraction of sp³-hybridized carbons (Fsp3) is 0.409. The second-order valence-corrected chi connectivity index (χ2v) is 7.20. The van der Waals surface area contributed by atoms with Crippen molar-refractivity contribution < 1.29 is 14.3 Å². The molecule has 2 aromatic carbocycles. The lowest BCUT2D eigenvalue weighted by atomic mass is 9.79. The number of benzene rings is 2. The lowest BCUT2D eigenvalue weighted by Gasteiger charge is -2.34. The predicted octanol–water partition coefficient (Wildman–Crippen LogP) is 3.37. The van der Waals surface area contributed by atoms with E-state index in [2.05, 4.69) is 30.4 Å². The molecule has 2 aromatic rings. The number of hydrogen-bond acceptors (Lipinski definition) is 4. The standard InChI is InChI=1S/C22H28N2O3.ClH/c1-17-3-2-4-19(13-17)15-27-20-7-5-18(6-8-20)14-24-21(25)22(16-23)9-11-26-12-10-22;/h2-8,13H,9-12,14-16,23H2,1H3,(H,24,25);1H. The van der Waals surface area contributed by atoms with E-state index in [0.29, 0.717) is 45.8 Å². The van der Waals surface area contributed by atoms with Crippen LogP contribution in [-0.4, -0.2) is 25.7 Å². The number of nitrogens with one attached hydrogen (secondary N) is 1. The molecule has 0 bridgehead atoms. The minimum atomic E-state index is -0.491. The molecule has 1 amide bonds. The molecule has 152 valence electrons. The maximum atomic E-state index is 12.6. The van der Waals surface area contributed by atoms with Crippen molar-refractivity contribution in [2.75, 3.05) is 19.8 Å². The average Bonchev–Trinajstić information content (AvgIpc) is 2.72. The van der Waals surface area contributed by atoms with Gasteiger partial charge in [-0.25, -0.2) is 0 Å². The summed E-state index contributed by atoms with van der Waals surface area (Å²) in [4.78, 5) is 12.6. The van der Waals surface area contributed by atoms with Crippen molar-refractivity contribution in [3.63, 3.8) is 0 Å². The van der Waals surface area contributed by atoms with Crippen molar-refractivity contribution in [2.45, 2.75) is 32.9 Å². The van der Waals surface area contributed by atoms with Crippen LogP contribution in [0.15, 0.2) is 48.5 Å². The smallest absolute Gasteiger partial charge is 0.227 e. The Labute approximate surface area is 173 Å². The van der Waals surface area contributed by atoms with Crippen LogP contribution in [0.4, 0.5) is 0 Å². The number of carbonyl (C=O) groups excluding carboxylic acids is 1. The zero-order valence-corrected chi connectivity index (χ0v) is 17.1. The van der Waals surface area contributed by atoms with E-state index in [4.69, 9.17) is 15.2 Å². The Morgan fingerprint density at radius 1 is 1.14 bits per heavy atom. The largest absolute Gasteiger partial charge is 0.489 e. The number of hydrogen-bond donors (Lipinski definition) is 2. The van der Waals surface area contributed by atoms with Gasteiger partial charge < -0.3 is 20.5 Å². The van der Waals surface area contributed by atoms with Crippen LogP contribution < -0.4 is 15.8 Å². The average molecular weight is 405 g/mol. The van der Waals surface area contributed by atoms with Gasteiger partial charge in [0, 0.05) is 26.3 Å². The first-order chi connectivity index (χ1) is 13.1. The Kier molecular flexibility index (Phi) is 8.30. The Morgan fingerprint density at radius 2 is 1.86 bits per heavy atom. The molecule has 1 saturated heterocycles. The van der Waals surface area contributed by atoms with Crippen molar-refractivity contribution in [3.05, 3.63) is 65.2 Å². The van der Waals surface area contributed by atoms with Gasteiger partial charge in [0.2, 0.25) is 5.91 Å². The maximum Gasteiger partial charge on any atom is 0.227 e. The number of nitrogens with two attached hydrogens (primary N) is 1. The third-order valence-corrected chi connectivity index (χ3v) is 5.19. The molecule has 3 N–H and O–H groups in total. The highest BCUT2D eigenvalue weighted by Crippen LogP contribution is 2.29. The van der Waals surface area contributed by atoms with Crippen LogP contribution >= 0.6 is 12.4 Å². The third kappa shape index (κ3) is 5.71. The quantitative estimate of drug-likeness (QED) is 0.742. The zero-order valence-electron chi connectivity index (χ0n) is 16.3. The molecule has 0 atom stereocenters. The second kappa shape index (κ2) is 10.5. The fourth-order valence-electron chi connectivity index (χ4n) is 3.33. The van der Waals surface area contributed by atoms with Crippen LogP contribution in [0.25, 0.3) is 0 Å². The minimum absolute atomic E-state index is 0. The summed E-state index contributed by atoms with van der Waals surface area (Å²) in [5.74, 6) is 0.836. The van der Waals surface area contributed by atoms with E-state index < -0.39 is 5.41 Å². The summed E-state index contributed by atoms with van der Waals surface area (Å²) in [7, 11) is 0. The summed E-state index contributed by atoms with van der Waals surface area (Å²) in [6.07, 6.45) is 1.36. The summed E-state index contributed by atoms with van der Waals surface area (Å²) in [6.45, 7) is 4.64. The Morgan fingerprint density at radius 3 is 2.50 bits per heavy atom. The number of amides is 1. The first-order valence-corrected chi connectivity index (χ1v) is 9.45. The SMILES string of the molecule is Cc1cccc(COc2ccc(CNC(=O)C3(CN)CCOCC3)cc2)c1.Cl. The zero-order chi connectivity index (χ0) is 19.1. The van der Waals surface area contributed by atoms with Crippen molar-refractivity contribution in [1.82, 2.24) is 5.32 Å². The summed E-state index contributed by atoms with van der Waals surface area (Å²) in [5.41, 5.74) is 8.80. The van der Waals surface area contributed by atoms with Gasteiger partial charge in [-0.15, -0.1) is 12.4 Å². The highest BCUT2D eigenvalue weighted by molar-refractivity contribution is 5.85. The van der Waals surface area contributed by atoms with Crippen LogP contribution in [0.1, 0.15) is 29.5 Å². The van der Waals surface area contributed by atoms with Gasteiger partial charge in [-0.2, -0.15) is 0 Å². The maximum absolute atomic E-state index is 12.6. The number of ether oxygens (including phenoxy) is 2. The molecule has 1 fully saturated rings. The summed E-state index contributed by atoms with van der Waals surface area (Å²) >= 11 is 0. The Hall–Kier alpha value is -2.08. The van der Waals surface area contributed by atoms with Crippen molar-refractivity contribution >= 4 is 18.3 Å².